The largest absolute Gasteiger partial charge is 0.495 e. The van der Waals surface area contributed by atoms with Gasteiger partial charge in [-0.15, -0.1) is 0 Å². The molecule has 0 aliphatic heterocycles. The quantitative estimate of drug-likeness (QED) is 0.558. The molecule has 0 radical (unpaired) electrons. The number of halogens is 1. The van der Waals surface area contributed by atoms with E-state index in [0.717, 1.165) is 11.1 Å². The minimum atomic E-state index is -4.08. The predicted octanol–water partition coefficient (Wildman–Crippen LogP) is 3.67. The number of carbonyl (C=O) groups is 1. The van der Waals surface area contributed by atoms with Gasteiger partial charge < -0.3 is 10.1 Å². The molecule has 6 nitrogen and oxygen atoms in total. The van der Waals surface area contributed by atoms with Crippen molar-refractivity contribution in [2.45, 2.75) is 24.3 Å². The van der Waals surface area contributed by atoms with Gasteiger partial charge in [-0.2, -0.15) is 4.72 Å². The fourth-order valence-electron chi connectivity index (χ4n) is 3.04. The number of benzene rings is 3. The minimum Gasteiger partial charge on any atom is -0.495 e. The Morgan fingerprint density at radius 1 is 1.03 bits per heavy atom. The summed E-state index contributed by atoms with van der Waals surface area (Å²) in [5.41, 5.74) is 1.87. The summed E-state index contributed by atoms with van der Waals surface area (Å²) in [5.74, 6) is -0.827. The number of hydrogen-bond acceptors (Lipinski definition) is 4. The highest BCUT2D eigenvalue weighted by Crippen LogP contribution is 2.25. The van der Waals surface area contributed by atoms with Crippen LogP contribution in [0.25, 0.3) is 0 Å². The summed E-state index contributed by atoms with van der Waals surface area (Å²) in [7, 11) is -2.70. The highest BCUT2D eigenvalue weighted by atomic mass is 32.2. The van der Waals surface area contributed by atoms with Crippen LogP contribution in [0.2, 0.25) is 0 Å². The lowest BCUT2D eigenvalue weighted by Gasteiger charge is -2.20. The van der Waals surface area contributed by atoms with E-state index in [4.69, 9.17) is 4.74 Å². The molecule has 2 N–H and O–H groups in total. The summed E-state index contributed by atoms with van der Waals surface area (Å²) in [6.45, 7) is 1.77. The van der Waals surface area contributed by atoms with Gasteiger partial charge in [0.25, 0.3) is 0 Å². The average Bonchev–Trinajstić information content (AvgIpc) is 2.75. The van der Waals surface area contributed by atoms with Crippen molar-refractivity contribution in [3.63, 3.8) is 0 Å². The SMILES string of the molecule is COc1ccc(C)cc1S(=O)(=O)N[C@H](Cc1ccccc1)C(=O)Nc1ccc(F)cc1. The van der Waals surface area contributed by atoms with E-state index in [2.05, 4.69) is 10.0 Å². The normalized spacial score (nSPS) is 12.2. The van der Waals surface area contributed by atoms with Crippen molar-refractivity contribution < 1.29 is 22.3 Å². The van der Waals surface area contributed by atoms with Gasteiger partial charge in [-0.25, -0.2) is 12.8 Å². The Labute approximate surface area is 181 Å². The Morgan fingerprint density at radius 3 is 2.35 bits per heavy atom. The van der Waals surface area contributed by atoms with Crippen LogP contribution in [-0.2, 0) is 21.2 Å². The van der Waals surface area contributed by atoms with Crippen molar-refractivity contribution in [1.82, 2.24) is 4.72 Å². The molecule has 0 heterocycles. The van der Waals surface area contributed by atoms with Crippen LogP contribution in [-0.4, -0.2) is 27.5 Å². The first-order chi connectivity index (χ1) is 14.8. The van der Waals surface area contributed by atoms with E-state index in [-0.39, 0.29) is 17.1 Å². The standard InChI is InChI=1S/C23H23FN2O4S/c1-16-8-13-21(30-2)22(14-16)31(28,29)26-20(15-17-6-4-3-5-7-17)23(27)25-19-11-9-18(24)10-12-19/h3-14,20,26H,15H2,1-2H3,(H,25,27)/t20-/m1/s1. The van der Waals surface area contributed by atoms with E-state index < -0.39 is 27.8 Å². The second-order valence-electron chi connectivity index (χ2n) is 7.01. The Hall–Kier alpha value is -3.23. The van der Waals surface area contributed by atoms with Crippen LogP contribution in [0.1, 0.15) is 11.1 Å². The molecule has 31 heavy (non-hydrogen) atoms. The van der Waals surface area contributed by atoms with E-state index >= 15 is 0 Å². The van der Waals surface area contributed by atoms with Gasteiger partial charge in [0.1, 0.15) is 22.5 Å². The van der Waals surface area contributed by atoms with Gasteiger partial charge in [0.2, 0.25) is 15.9 Å². The van der Waals surface area contributed by atoms with Gasteiger partial charge in [-0.3, -0.25) is 4.79 Å². The lowest BCUT2D eigenvalue weighted by molar-refractivity contribution is -0.117. The first kappa shape index (κ1) is 22.5. The van der Waals surface area contributed by atoms with Crippen molar-refractivity contribution in [2.24, 2.45) is 0 Å². The number of rotatable bonds is 8. The number of nitrogens with one attached hydrogen (secondary N) is 2. The third-order valence-electron chi connectivity index (χ3n) is 4.62. The lowest BCUT2D eigenvalue weighted by atomic mass is 10.1. The smallest absolute Gasteiger partial charge is 0.245 e. The lowest BCUT2D eigenvalue weighted by Crippen LogP contribution is -2.45. The Kier molecular flexibility index (Phi) is 7.04. The number of hydrogen-bond donors (Lipinski definition) is 2. The monoisotopic (exact) mass is 442 g/mol. The molecule has 1 amide bonds. The molecule has 0 unspecified atom stereocenters. The minimum absolute atomic E-state index is 0.0531. The van der Waals surface area contributed by atoms with E-state index in [1.807, 2.05) is 18.2 Å². The highest BCUT2D eigenvalue weighted by molar-refractivity contribution is 7.89. The third-order valence-corrected chi connectivity index (χ3v) is 6.11. The molecule has 3 aromatic rings. The molecular formula is C23H23FN2O4S. The summed E-state index contributed by atoms with van der Waals surface area (Å²) in [5, 5.41) is 2.64. The van der Waals surface area contributed by atoms with Crippen molar-refractivity contribution in [2.75, 3.05) is 12.4 Å². The molecule has 3 aromatic carbocycles. The molecule has 0 saturated heterocycles. The maximum absolute atomic E-state index is 13.2. The maximum Gasteiger partial charge on any atom is 0.245 e. The molecular weight excluding hydrogens is 419 g/mol. The summed E-state index contributed by atoms with van der Waals surface area (Å²) in [4.78, 5) is 12.9. The summed E-state index contributed by atoms with van der Waals surface area (Å²) >= 11 is 0. The molecule has 0 aromatic heterocycles. The first-order valence-electron chi connectivity index (χ1n) is 9.56. The highest BCUT2D eigenvalue weighted by Gasteiger charge is 2.28. The van der Waals surface area contributed by atoms with Gasteiger partial charge in [-0.1, -0.05) is 36.4 Å². The Balaban J connectivity index is 1.91. The number of ether oxygens (including phenoxy) is 1. The van der Waals surface area contributed by atoms with Gasteiger partial charge in [0.15, 0.2) is 0 Å². The number of aryl methyl sites for hydroxylation is 1. The topological polar surface area (TPSA) is 84.5 Å². The van der Waals surface area contributed by atoms with Crippen LogP contribution in [0, 0.1) is 12.7 Å². The predicted molar refractivity (Wildman–Crippen MR) is 117 cm³/mol. The molecule has 1 atom stereocenters. The van der Waals surface area contributed by atoms with Crippen LogP contribution < -0.4 is 14.8 Å². The third kappa shape index (κ3) is 5.90. The molecule has 0 aliphatic carbocycles. The molecule has 162 valence electrons. The molecule has 0 saturated carbocycles. The first-order valence-corrected chi connectivity index (χ1v) is 11.0. The van der Waals surface area contributed by atoms with Crippen LogP contribution in [0.4, 0.5) is 10.1 Å². The van der Waals surface area contributed by atoms with Crippen molar-refractivity contribution >= 4 is 21.6 Å². The van der Waals surface area contributed by atoms with Crippen molar-refractivity contribution in [3.05, 3.63) is 89.7 Å². The second kappa shape index (κ2) is 9.72. The molecule has 0 fully saturated rings. The van der Waals surface area contributed by atoms with Crippen LogP contribution in [0.15, 0.2) is 77.7 Å². The molecule has 0 bridgehead atoms. The summed E-state index contributed by atoms with van der Waals surface area (Å²) in [6, 6.07) is 18.0. The molecule has 0 spiro atoms. The number of amides is 1. The van der Waals surface area contributed by atoms with Gasteiger partial charge in [0.05, 0.1) is 7.11 Å². The number of methoxy groups -OCH3 is 1. The van der Waals surface area contributed by atoms with E-state index in [1.54, 1.807) is 31.2 Å². The van der Waals surface area contributed by atoms with Crippen molar-refractivity contribution in [1.29, 1.82) is 0 Å². The van der Waals surface area contributed by atoms with Gasteiger partial charge in [0, 0.05) is 5.69 Å². The Morgan fingerprint density at radius 2 is 1.71 bits per heavy atom. The zero-order valence-electron chi connectivity index (χ0n) is 17.1. The van der Waals surface area contributed by atoms with E-state index in [9.17, 15) is 17.6 Å². The fraction of sp³-hybridized carbons (Fsp3) is 0.174. The summed E-state index contributed by atoms with van der Waals surface area (Å²) < 4.78 is 47.2. The number of carbonyl (C=O) groups excluding carboxylic acids is 1. The van der Waals surface area contributed by atoms with Crippen LogP contribution >= 0.6 is 0 Å². The number of anilines is 1. The second-order valence-corrected chi connectivity index (χ2v) is 8.70. The van der Waals surface area contributed by atoms with E-state index in [0.29, 0.717) is 5.69 Å². The Bertz CT molecular complexity index is 1150. The van der Waals surface area contributed by atoms with Crippen molar-refractivity contribution in [3.8, 4) is 5.75 Å². The van der Waals surface area contributed by atoms with Gasteiger partial charge >= 0.3 is 0 Å². The molecule has 3 rings (SSSR count). The fourth-order valence-corrected chi connectivity index (χ4v) is 4.49. The zero-order chi connectivity index (χ0) is 22.4. The zero-order valence-corrected chi connectivity index (χ0v) is 17.9. The maximum atomic E-state index is 13.2. The van der Waals surface area contributed by atoms with Gasteiger partial charge in [-0.05, 0) is 60.9 Å². The molecule has 0 aliphatic rings. The summed E-state index contributed by atoms with van der Waals surface area (Å²) in [6.07, 6.45) is 0.126. The van der Waals surface area contributed by atoms with Crippen LogP contribution in [0.3, 0.4) is 0 Å². The average molecular weight is 443 g/mol. The van der Waals surface area contributed by atoms with E-state index in [1.165, 1.54) is 37.4 Å². The van der Waals surface area contributed by atoms with Crippen LogP contribution in [0.5, 0.6) is 5.75 Å². The molecule has 8 heteroatoms. The number of sulfonamides is 1.